The van der Waals surface area contributed by atoms with Crippen LogP contribution in [0.4, 0.5) is 5.69 Å². The summed E-state index contributed by atoms with van der Waals surface area (Å²) in [5.74, 6) is 0.144. The highest BCUT2D eigenvalue weighted by Crippen LogP contribution is 2.17. The number of aromatic nitrogens is 2. The molecular weight excluding hydrogens is 408 g/mol. The third-order valence-corrected chi connectivity index (χ3v) is 4.70. The summed E-state index contributed by atoms with van der Waals surface area (Å²) in [6.45, 7) is 4.09. The second-order valence-corrected chi connectivity index (χ2v) is 7.17. The van der Waals surface area contributed by atoms with Gasteiger partial charge in [0.2, 0.25) is 11.8 Å². The highest BCUT2D eigenvalue weighted by Gasteiger charge is 2.09. The van der Waals surface area contributed by atoms with Gasteiger partial charge in [-0.3, -0.25) is 14.4 Å². The smallest absolute Gasteiger partial charge is 0.267 e. The van der Waals surface area contributed by atoms with Gasteiger partial charge in [-0.25, -0.2) is 4.68 Å². The molecule has 2 N–H and O–H groups in total. The fourth-order valence-corrected chi connectivity index (χ4v) is 2.99. The number of carbonyl (C=O) groups is 2. The van der Waals surface area contributed by atoms with Crippen molar-refractivity contribution in [2.24, 2.45) is 0 Å². The molecule has 32 heavy (non-hydrogen) atoms. The zero-order chi connectivity index (χ0) is 22.9. The molecule has 0 aliphatic carbocycles. The van der Waals surface area contributed by atoms with E-state index >= 15 is 0 Å². The van der Waals surface area contributed by atoms with Gasteiger partial charge in [0.15, 0.2) is 0 Å². The quantitative estimate of drug-likeness (QED) is 0.504. The molecule has 0 saturated heterocycles. The molecule has 8 heteroatoms. The number of amides is 2. The van der Waals surface area contributed by atoms with E-state index in [1.165, 1.54) is 18.6 Å². The van der Waals surface area contributed by atoms with E-state index < -0.39 is 0 Å². The van der Waals surface area contributed by atoms with Gasteiger partial charge in [0.05, 0.1) is 12.2 Å². The van der Waals surface area contributed by atoms with Gasteiger partial charge in [0.25, 0.3) is 5.56 Å². The lowest BCUT2D eigenvalue weighted by Crippen LogP contribution is -2.29. The maximum atomic E-state index is 12.4. The fourth-order valence-electron chi connectivity index (χ4n) is 2.99. The van der Waals surface area contributed by atoms with Crippen molar-refractivity contribution in [2.75, 3.05) is 18.5 Å². The molecule has 0 aliphatic rings. The molecule has 0 atom stereocenters. The zero-order valence-electron chi connectivity index (χ0n) is 18.1. The van der Waals surface area contributed by atoms with Crippen molar-refractivity contribution in [3.05, 3.63) is 76.6 Å². The SMILES string of the molecule is CCc1ccc(-c2ccc(=O)n(CC(=O)Nc3ccc(OCCNC(C)=O)cc3)n2)cc1. The largest absolute Gasteiger partial charge is 0.492 e. The van der Waals surface area contributed by atoms with E-state index in [0.29, 0.717) is 30.3 Å². The van der Waals surface area contributed by atoms with Crippen LogP contribution < -0.4 is 20.9 Å². The number of carbonyl (C=O) groups excluding carboxylic acids is 2. The molecule has 2 amide bonds. The lowest BCUT2D eigenvalue weighted by Gasteiger charge is -2.10. The first-order valence-corrected chi connectivity index (χ1v) is 10.4. The Morgan fingerprint density at radius 3 is 2.38 bits per heavy atom. The van der Waals surface area contributed by atoms with Gasteiger partial charge < -0.3 is 15.4 Å². The van der Waals surface area contributed by atoms with Crippen molar-refractivity contribution in [1.82, 2.24) is 15.1 Å². The van der Waals surface area contributed by atoms with Gasteiger partial charge in [-0.2, -0.15) is 5.10 Å². The molecule has 0 fully saturated rings. The molecule has 2 aromatic carbocycles. The number of ether oxygens (including phenoxy) is 1. The van der Waals surface area contributed by atoms with Crippen LogP contribution in [0.2, 0.25) is 0 Å². The van der Waals surface area contributed by atoms with Crippen molar-refractivity contribution in [1.29, 1.82) is 0 Å². The Bertz CT molecular complexity index is 1120. The molecule has 0 unspecified atom stereocenters. The third kappa shape index (κ3) is 6.53. The summed E-state index contributed by atoms with van der Waals surface area (Å²) in [6, 6.07) is 17.9. The Balaban J connectivity index is 1.59. The topological polar surface area (TPSA) is 102 Å². The van der Waals surface area contributed by atoms with Crippen LogP contribution in [0.3, 0.4) is 0 Å². The van der Waals surface area contributed by atoms with Crippen molar-refractivity contribution in [2.45, 2.75) is 26.8 Å². The van der Waals surface area contributed by atoms with Crippen LogP contribution in [0.15, 0.2) is 65.5 Å². The third-order valence-electron chi connectivity index (χ3n) is 4.70. The van der Waals surface area contributed by atoms with Gasteiger partial charge in [0, 0.05) is 24.2 Å². The summed E-state index contributed by atoms with van der Waals surface area (Å²) < 4.78 is 6.67. The highest BCUT2D eigenvalue weighted by atomic mass is 16.5. The summed E-state index contributed by atoms with van der Waals surface area (Å²) >= 11 is 0. The second kappa shape index (κ2) is 10.9. The standard InChI is InChI=1S/C24H26N4O4/c1-3-18-4-6-19(7-5-18)22-12-13-24(31)28(27-22)16-23(30)26-20-8-10-21(11-9-20)32-15-14-25-17(2)29/h4-13H,3,14-16H2,1-2H3,(H,25,29)(H,26,30). The predicted octanol–water partition coefficient (Wildman–Crippen LogP) is 2.63. The molecule has 0 radical (unpaired) electrons. The van der Waals surface area contributed by atoms with Crippen LogP contribution in [0.25, 0.3) is 11.3 Å². The van der Waals surface area contributed by atoms with Crippen LogP contribution in [0.5, 0.6) is 5.75 Å². The molecule has 3 aromatic rings. The second-order valence-electron chi connectivity index (χ2n) is 7.17. The van der Waals surface area contributed by atoms with E-state index in [0.717, 1.165) is 16.7 Å². The van der Waals surface area contributed by atoms with E-state index in [-0.39, 0.29) is 23.9 Å². The average molecular weight is 434 g/mol. The number of hydrogen-bond donors (Lipinski definition) is 2. The number of anilines is 1. The number of hydrogen-bond acceptors (Lipinski definition) is 5. The first-order valence-electron chi connectivity index (χ1n) is 10.4. The number of benzene rings is 2. The van der Waals surface area contributed by atoms with E-state index in [1.807, 2.05) is 24.3 Å². The number of nitrogens with one attached hydrogen (secondary N) is 2. The maximum absolute atomic E-state index is 12.4. The molecule has 0 aliphatic heterocycles. The normalized spacial score (nSPS) is 10.4. The monoisotopic (exact) mass is 434 g/mol. The van der Waals surface area contributed by atoms with Gasteiger partial charge in [0.1, 0.15) is 18.9 Å². The summed E-state index contributed by atoms with van der Waals surface area (Å²) in [5.41, 5.74) is 2.94. The van der Waals surface area contributed by atoms with E-state index in [9.17, 15) is 14.4 Å². The van der Waals surface area contributed by atoms with Gasteiger partial charge in [-0.1, -0.05) is 31.2 Å². The first kappa shape index (κ1) is 22.7. The fraction of sp³-hybridized carbons (Fsp3) is 0.250. The van der Waals surface area contributed by atoms with E-state index in [4.69, 9.17) is 4.74 Å². The molecule has 8 nitrogen and oxygen atoms in total. The minimum Gasteiger partial charge on any atom is -0.492 e. The van der Waals surface area contributed by atoms with Crippen LogP contribution in [-0.4, -0.2) is 34.7 Å². The zero-order valence-corrected chi connectivity index (χ0v) is 18.1. The van der Waals surface area contributed by atoms with Crippen LogP contribution >= 0.6 is 0 Å². The predicted molar refractivity (Wildman–Crippen MR) is 123 cm³/mol. The molecular formula is C24H26N4O4. The molecule has 1 heterocycles. The molecule has 3 rings (SSSR count). The van der Waals surface area contributed by atoms with Crippen molar-refractivity contribution in [3.8, 4) is 17.0 Å². The Morgan fingerprint density at radius 2 is 1.72 bits per heavy atom. The van der Waals surface area contributed by atoms with Crippen molar-refractivity contribution >= 4 is 17.5 Å². The molecule has 0 saturated carbocycles. The van der Waals surface area contributed by atoms with E-state index in [1.54, 1.807) is 30.3 Å². The highest BCUT2D eigenvalue weighted by molar-refractivity contribution is 5.90. The Hall–Kier alpha value is -3.94. The lowest BCUT2D eigenvalue weighted by molar-refractivity contribution is -0.119. The summed E-state index contributed by atoms with van der Waals surface area (Å²) in [4.78, 5) is 35.5. The van der Waals surface area contributed by atoms with Gasteiger partial charge in [-0.15, -0.1) is 0 Å². The number of rotatable bonds is 9. The number of nitrogens with zero attached hydrogens (tertiary/aromatic N) is 2. The van der Waals surface area contributed by atoms with Crippen molar-refractivity contribution in [3.63, 3.8) is 0 Å². The maximum Gasteiger partial charge on any atom is 0.267 e. The minimum atomic E-state index is -0.364. The molecule has 166 valence electrons. The Kier molecular flexibility index (Phi) is 7.75. The Labute approximate surface area is 186 Å². The summed E-state index contributed by atoms with van der Waals surface area (Å²) in [6.07, 6.45) is 0.942. The first-order chi connectivity index (χ1) is 15.4. The van der Waals surface area contributed by atoms with Crippen LogP contribution in [0, 0.1) is 0 Å². The Morgan fingerprint density at radius 1 is 1.00 bits per heavy atom. The summed E-state index contributed by atoms with van der Waals surface area (Å²) in [7, 11) is 0. The van der Waals surface area contributed by atoms with Gasteiger partial charge in [-0.05, 0) is 42.3 Å². The summed E-state index contributed by atoms with van der Waals surface area (Å²) in [5, 5.41) is 9.74. The van der Waals surface area contributed by atoms with Crippen LogP contribution in [0.1, 0.15) is 19.4 Å². The molecule has 0 bridgehead atoms. The lowest BCUT2D eigenvalue weighted by atomic mass is 10.1. The van der Waals surface area contributed by atoms with Crippen LogP contribution in [-0.2, 0) is 22.6 Å². The van der Waals surface area contributed by atoms with Crippen molar-refractivity contribution < 1.29 is 14.3 Å². The molecule has 0 spiro atoms. The van der Waals surface area contributed by atoms with Gasteiger partial charge >= 0.3 is 0 Å². The minimum absolute atomic E-state index is 0.111. The van der Waals surface area contributed by atoms with E-state index in [2.05, 4.69) is 22.7 Å². The number of aryl methyl sites for hydroxylation is 1. The molecule has 1 aromatic heterocycles. The average Bonchev–Trinajstić information content (AvgIpc) is 2.79.